The summed E-state index contributed by atoms with van der Waals surface area (Å²) in [4.78, 5) is 11.6. The van der Waals surface area contributed by atoms with Gasteiger partial charge >= 0.3 is 0 Å². The minimum atomic E-state index is -0.501. The fourth-order valence-corrected chi connectivity index (χ4v) is 1.72. The molecule has 0 heterocycles. The Bertz CT molecular complexity index is 577. The Labute approximate surface area is 109 Å². The van der Waals surface area contributed by atoms with Crippen LogP contribution in [0.5, 0.6) is 0 Å². The fourth-order valence-electron chi connectivity index (χ4n) is 1.61. The molecule has 2 aromatic rings. The summed E-state index contributed by atoms with van der Waals surface area (Å²) < 4.78 is 0. The SMILES string of the molecule is O=C(C(Cl)=NO)c1ccc(-c2ccccc2)cc1. The van der Waals surface area contributed by atoms with Crippen LogP contribution in [0.15, 0.2) is 59.8 Å². The molecule has 0 saturated heterocycles. The summed E-state index contributed by atoms with van der Waals surface area (Å²) in [6.07, 6.45) is 0. The first-order valence-electron chi connectivity index (χ1n) is 5.30. The first kappa shape index (κ1) is 12.3. The van der Waals surface area contributed by atoms with E-state index in [9.17, 15) is 4.79 Å². The number of carbonyl (C=O) groups excluding carboxylic acids is 1. The summed E-state index contributed by atoms with van der Waals surface area (Å²) in [5, 5.41) is 10.7. The molecule has 4 heteroatoms. The third kappa shape index (κ3) is 2.57. The highest BCUT2D eigenvalue weighted by Gasteiger charge is 2.11. The number of ketones is 1. The largest absolute Gasteiger partial charge is 0.410 e. The van der Waals surface area contributed by atoms with Crippen LogP contribution in [0.1, 0.15) is 10.4 Å². The van der Waals surface area contributed by atoms with Gasteiger partial charge in [0, 0.05) is 5.56 Å². The molecule has 1 N–H and O–H groups in total. The summed E-state index contributed by atoms with van der Waals surface area (Å²) in [7, 11) is 0. The first-order valence-corrected chi connectivity index (χ1v) is 5.68. The second-order valence-corrected chi connectivity index (χ2v) is 4.02. The van der Waals surface area contributed by atoms with Crippen LogP contribution < -0.4 is 0 Å². The summed E-state index contributed by atoms with van der Waals surface area (Å²) in [5.74, 6) is -0.501. The van der Waals surface area contributed by atoms with E-state index in [1.54, 1.807) is 12.1 Å². The molecule has 2 rings (SSSR count). The second kappa shape index (κ2) is 5.47. The van der Waals surface area contributed by atoms with E-state index >= 15 is 0 Å². The highest BCUT2D eigenvalue weighted by molar-refractivity contribution is 6.84. The minimum Gasteiger partial charge on any atom is -0.410 e. The monoisotopic (exact) mass is 259 g/mol. The Morgan fingerprint density at radius 3 is 2.06 bits per heavy atom. The smallest absolute Gasteiger partial charge is 0.226 e. The van der Waals surface area contributed by atoms with Gasteiger partial charge in [-0.3, -0.25) is 4.79 Å². The lowest BCUT2D eigenvalue weighted by Gasteiger charge is -2.02. The lowest BCUT2D eigenvalue weighted by atomic mass is 10.0. The van der Waals surface area contributed by atoms with Gasteiger partial charge in [0.1, 0.15) is 0 Å². The van der Waals surface area contributed by atoms with Crippen LogP contribution in [0.25, 0.3) is 11.1 Å². The molecular formula is C14H10ClNO2. The zero-order valence-electron chi connectivity index (χ0n) is 9.38. The Balaban J connectivity index is 2.29. The van der Waals surface area contributed by atoms with Gasteiger partial charge in [0.05, 0.1) is 0 Å². The third-order valence-corrected chi connectivity index (χ3v) is 2.78. The molecule has 0 aliphatic carbocycles. The minimum absolute atomic E-state index is 0.387. The van der Waals surface area contributed by atoms with Crippen molar-refractivity contribution in [2.75, 3.05) is 0 Å². The maximum absolute atomic E-state index is 11.6. The second-order valence-electron chi connectivity index (χ2n) is 3.66. The van der Waals surface area contributed by atoms with E-state index in [-0.39, 0.29) is 0 Å². The van der Waals surface area contributed by atoms with E-state index in [4.69, 9.17) is 16.8 Å². The number of nitrogens with zero attached hydrogens (tertiary/aromatic N) is 1. The fraction of sp³-hybridized carbons (Fsp3) is 0. The average molecular weight is 260 g/mol. The molecule has 18 heavy (non-hydrogen) atoms. The molecule has 0 amide bonds. The lowest BCUT2D eigenvalue weighted by Crippen LogP contribution is -2.07. The van der Waals surface area contributed by atoms with Gasteiger partial charge in [-0.05, 0) is 11.1 Å². The predicted octanol–water partition coefficient (Wildman–Crippen LogP) is 3.56. The van der Waals surface area contributed by atoms with E-state index in [0.29, 0.717) is 5.56 Å². The maximum Gasteiger partial charge on any atom is 0.226 e. The first-order chi connectivity index (χ1) is 8.72. The Hall–Kier alpha value is -2.13. The van der Waals surface area contributed by atoms with E-state index in [0.717, 1.165) is 11.1 Å². The van der Waals surface area contributed by atoms with Crippen molar-refractivity contribution in [3.63, 3.8) is 0 Å². The average Bonchev–Trinajstić information content (AvgIpc) is 2.47. The highest BCUT2D eigenvalue weighted by atomic mass is 35.5. The van der Waals surface area contributed by atoms with Gasteiger partial charge in [0.2, 0.25) is 11.0 Å². The van der Waals surface area contributed by atoms with E-state index < -0.39 is 11.0 Å². The van der Waals surface area contributed by atoms with E-state index in [1.807, 2.05) is 42.5 Å². The summed E-state index contributed by atoms with van der Waals surface area (Å²) in [6, 6.07) is 16.8. The third-order valence-electron chi connectivity index (χ3n) is 2.53. The van der Waals surface area contributed by atoms with Crippen LogP contribution in [0.2, 0.25) is 0 Å². The standard InChI is InChI=1S/C14H10ClNO2/c15-14(16-18)13(17)12-8-6-11(7-9-12)10-4-2-1-3-5-10/h1-9,18H. The van der Waals surface area contributed by atoms with Crippen LogP contribution in [0.3, 0.4) is 0 Å². The molecule has 2 aromatic carbocycles. The Morgan fingerprint density at radius 2 is 1.50 bits per heavy atom. The maximum atomic E-state index is 11.6. The summed E-state index contributed by atoms with van der Waals surface area (Å²) in [5.41, 5.74) is 2.46. The quantitative estimate of drug-likeness (QED) is 0.397. The Kier molecular flexibility index (Phi) is 3.75. The van der Waals surface area contributed by atoms with Crippen LogP contribution in [-0.4, -0.2) is 16.2 Å². The lowest BCUT2D eigenvalue weighted by molar-refractivity contribution is 0.106. The van der Waals surface area contributed by atoms with Crippen molar-refractivity contribution in [1.29, 1.82) is 0 Å². The molecule has 0 aliphatic heterocycles. The molecule has 0 unspecified atom stereocenters. The van der Waals surface area contributed by atoms with Gasteiger partial charge in [-0.25, -0.2) is 0 Å². The van der Waals surface area contributed by atoms with Gasteiger partial charge in [0.25, 0.3) is 0 Å². The van der Waals surface area contributed by atoms with Crippen molar-refractivity contribution in [1.82, 2.24) is 0 Å². The van der Waals surface area contributed by atoms with Gasteiger partial charge in [0.15, 0.2) is 0 Å². The molecule has 0 aromatic heterocycles. The van der Waals surface area contributed by atoms with Gasteiger partial charge in [-0.15, -0.1) is 0 Å². The van der Waals surface area contributed by atoms with Crippen molar-refractivity contribution in [3.8, 4) is 11.1 Å². The molecule has 0 fully saturated rings. The topological polar surface area (TPSA) is 49.7 Å². The molecule has 0 saturated carbocycles. The van der Waals surface area contributed by atoms with Crippen molar-refractivity contribution in [2.24, 2.45) is 5.16 Å². The molecule has 0 radical (unpaired) electrons. The van der Waals surface area contributed by atoms with Crippen LogP contribution in [0, 0.1) is 0 Å². The molecular weight excluding hydrogens is 250 g/mol. The van der Waals surface area contributed by atoms with Crippen LogP contribution in [0.4, 0.5) is 0 Å². The Morgan fingerprint density at radius 1 is 0.944 bits per heavy atom. The molecule has 90 valence electrons. The molecule has 0 aliphatic rings. The van der Waals surface area contributed by atoms with Gasteiger partial charge < -0.3 is 5.21 Å². The molecule has 0 bridgehead atoms. The van der Waals surface area contributed by atoms with Crippen molar-refractivity contribution in [3.05, 3.63) is 60.2 Å². The van der Waals surface area contributed by atoms with E-state index in [2.05, 4.69) is 5.16 Å². The van der Waals surface area contributed by atoms with Crippen LogP contribution in [-0.2, 0) is 0 Å². The van der Waals surface area contributed by atoms with Gasteiger partial charge in [-0.1, -0.05) is 71.4 Å². The number of hydrogen-bond donors (Lipinski definition) is 1. The van der Waals surface area contributed by atoms with Crippen molar-refractivity contribution in [2.45, 2.75) is 0 Å². The van der Waals surface area contributed by atoms with Crippen LogP contribution >= 0.6 is 11.6 Å². The number of carbonyl (C=O) groups is 1. The number of oxime groups is 1. The van der Waals surface area contributed by atoms with Crippen molar-refractivity contribution >= 4 is 22.6 Å². The van der Waals surface area contributed by atoms with Gasteiger partial charge in [-0.2, -0.15) is 0 Å². The normalized spacial score (nSPS) is 11.3. The van der Waals surface area contributed by atoms with E-state index in [1.165, 1.54) is 0 Å². The van der Waals surface area contributed by atoms with Crippen molar-refractivity contribution < 1.29 is 10.0 Å². The number of Topliss-reactive ketones (excluding diaryl/α,β-unsaturated/α-hetero) is 1. The molecule has 0 spiro atoms. The summed E-state index contributed by atoms with van der Waals surface area (Å²) in [6.45, 7) is 0. The highest BCUT2D eigenvalue weighted by Crippen LogP contribution is 2.19. The predicted molar refractivity (Wildman–Crippen MR) is 71.3 cm³/mol. The number of hydrogen-bond acceptors (Lipinski definition) is 3. The molecule has 0 atom stereocenters. The zero-order chi connectivity index (χ0) is 13.0. The number of rotatable bonds is 3. The number of halogens is 1. The zero-order valence-corrected chi connectivity index (χ0v) is 10.1. The summed E-state index contributed by atoms with van der Waals surface area (Å²) >= 11 is 5.46. The molecule has 3 nitrogen and oxygen atoms in total. The number of benzene rings is 2.